The molecular weight excluding hydrogens is 331 g/mol. The second-order valence-electron chi connectivity index (χ2n) is 5.21. The molecule has 2 N–H and O–H groups in total. The molecule has 7 heteroatoms. The Hall–Kier alpha value is -0.330. The molecule has 1 fully saturated rings. The van der Waals surface area contributed by atoms with E-state index in [1.54, 1.807) is 6.07 Å². The molecule has 4 nitrogen and oxygen atoms in total. The lowest BCUT2D eigenvalue weighted by Crippen LogP contribution is -2.34. The SMILES string of the molecule is NCc1c(Cl)ccc(S(=O)(=O)N2CCCCCCC2)c1Cl. The molecule has 118 valence electrons. The van der Waals surface area contributed by atoms with E-state index in [1.807, 2.05) is 0 Å². The zero-order valence-corrected chi connectivity index (χ0v) is 14.1. The first kappa shape index (κ1) is 17.0. The van der Waals surface area contributed by atoms with Crippen molar-refractivity contribution in [3.8, 4) is 0 Å². The van der Waals surface area contributed by atoms with Crippen LogP contribution in [0.4, 0.5) is 0 Å². The van der Waals surface area contributed by atoms with Gasteiger partial charge in [-0.2, -0.15) is 4.31 Å². The number of rotatable bonds is 3. The van der Waals surface area contributed by atoms with Crippen molar-refractivity contribution in [1.29, 1.82) is 0 Å². The van der Waals surface area contributed by atoms with Crippen LogP contribution in [0.2, 0.25) is 10.0 Å². The van der Waals surface area contributed by atoms with Crippen molar-refractivity contribution in [2.45, 2.75) is 43.5 Å². The van der Waals surface area contributed by atoms with E-state index in [0.29, 0.717) is 23.7 Å². The van der Waals surface area contributed by atoms with Crippen LogP contribution in [0.1, 0.15) is 37.7 Å². The lowest BCUT2D eigenvalue weighted by molar-refractivity contribution is 0.364. The quantitative estimate of drug-likeness (QED) is 0.908. The third-order valence-corrected chi connectivity index (χ3v) is 6.63. The van der Waals surface area contributed by atoms with Gasteiger partial charge in [0.25, 0.3) is 0 Å². The number of nitrogens with zero attached hydrogens (tertiary/aromatic N) is 1. The van der Waals surface area contributed by atoms with Gasteiger partial charge in [0.15, 0.2) is 0 Å². The van der Waals surface area contributed by atoms with Crippen LogP contribution >= 0.6 is 23.2 Å². The van der Waals surface area contributed by atoms with Gasteiger partial charge in [-0.25, -0.2) is 8.42 Å². The second kappa shape index (κ2) is 7.29. The fourth-order valence-corrected chi connectivity index (χ4v) is 4.98. The molecule has 0 aromatic heterocycles. The lowest BCUT2D eigenvalue weighted by Gasteiger charge is -2.25. The number of hydrogen-bond acceptors (Lipinski definition) is 3. The number of halogens is 2. The van der Waals surface area contributed by atoms with Gasteiger partial charge >= 0.3 is 0 Å². The lowest BCUT2D eigenvalue weighted by atomic mass is 10.1. The van der Waals surface area contributed by atoms with Crippen LogP contribution in [-0.2, 0) is 16.6 Å². The fourth-order valence-electron chi connectivity index (χ4n) is 2.56. The van der Waals surface area contributed by atoms with E-state index in [4.69, 9.17) is 28.9 Å². The van der Waals surface area contributed by atoms with Gasteiger partial charge in [0.2, 0.25) is 10.0 Å². The van der Waals surface area contributed by atoms with Crippen molar-refractivity contribution in [3.05, 3.63) is 27.7 Å². The Morgan fingerprint density at radius 2 is 1.62 bits per heavy atom. The zero-order chi connectivity index (χ0) is 15.5. The summed E-state index contributed by atoms with van der Waals surface area (Å²) in [6.45, 7) is 1.19. The van der Waals surface area contributed by atoms with Crippen LogP contribution in [-0.4, -0.2) is 25.8 Å². The number of benzene rings is 1. The third kappa shape index (κ3) is 3.71. The average molecular weight is 351 g/mol. The molecule has 0 saturated carbocycles. The Kier molecular flexibility index (Phi) is 5.91. The molecule has 2 rings (SSSR count). The van der Waals surface area contributed by atoms with E-state index in [2.05, 4.69) is 0 Å². The van der Waals surface area contributed by atoms with E-state index >= 15 is 0 Å². The Morgan fingerprint density at radius 3 is 2.19 bits per heavy atom. The van der Waals surface area contributed by atoms with Crippen molar-refractivity contribution < 1.29 is 8.42 Å². The van der Waals surface area contributed by atoms with E-state index in [0.717, 1.165) is 25.7 Å². The monoisotopic (exact) mass is 350 g/mol. The van der Waals surface area contributed by atoms with Gasteiger partial charge in [-0.3, -0.25) is 0 Å². The largest absolute Gasteiger partial charge is 0.326 e. The summed E-state index contributed by atoms with van der Waals surface area (Å²) in [5, 5.41) is 0.543. The van der Waals surface area contributed by atoms with Crippen molar-refractivity contribution in [2.75, 3.05) is 13.1 Å². The average Bonchev–Trinajstić information content (AvgIpc) is 2.37. The summed E-state index contributed by atoms with van der Waals surface area (Å²) in [6.07, 6.45) is 5.07. The predicted octanol–water partition coefficient (Wildman–Crippen LogP) is 3.41. The first-order valence-electron chi connectivity index (χ1n) is 7.15. The van der Waals surface area contributed by atoms with Gasteiger partial charge in [-0.05, 0) is 25.0 Å². The third-order valence-electron chi connectivity index (χ3n) is 3.79. The maximum Gasteiger partial charge on any atom is 0.244 e. The topological polar surface area (TPSA) is 63.4 Å². The highest BCUT2D eigenvalue weighted by molar-refractivity contribution is 7.89. The van der Waals surface area contributed by atoms with Crippen LogP contribution in [0, 0.1) is 0 Å². The standard InChI is InChI=1S/C14H20Cl2N2O2S/c15-12-6-7-13(14(16)11(12)10-17)21(19,20)18-8-4-2-1-3-5-9-18/h6-7H,1-5,8-10,17H2. The fraction of sp³-hybridized carbons (Fsp3) is 0.571. The van der Waals surface area contributed by atoms with Gasteiger partial charge in [0.05, 0.1) is 5.02 Å². The molecule has 1 aromatic rings. The first-order chi connectivity index (χ1) is 9.98. The molecule has 0 unspecified atom stereocenters. The van der Waals surface area contributed by atoms with Gasteiger partial charge < -0.3 is 5.73 Å². The van der Waals surface area contributed by atoms with Crippen molar-refractivity contribution in [3.63, 3.8) is 0 Å². The summed E-state index contributed by atoms with van der Waals surface area (Å²) < 4.78 is 27.1. The molecule has 0 aliphatic carbocycles. The van der Waals surface area contributed by atoms with Crippen molar-refractivity contribution in [2.24, 2.45) is 5.73 Å². The highest BCUT2D eigenvalue weighted by atomic mass is 35.5. The summed E-state index contributed by atoms with van der Waals surface area (Å²) >= 11 is 12.2. The molecule has 1 saturated heterocycles. The number of hydrogen-bond donors (Lipinski definition) is 1. The molecule has 1 aromatic carbocycles. The van der Waals surface area contributed by atoms with E-state index in [1.165, 1.54) is 16.8 Å². The highest BCUT2D eigenvalue weighted by Gasteiger charge is 2.28. The summed E-state index contributed by atoms with van der Waals surface area (Å²) in [4.78, 5) is 0.106. The molecule has 0 bridgehead atoms. The zero-order valence-electron chi connectivity index (χ0n) is 11.8. The maximum absolute atomic E-state index is 12.8. The molecule has 1 aliphatic rings. The van der Waals surface area contributed by atoms with E-state index < -0.39 is 10.0 Å². The minimum Gasteiger partial charge on any atom is -0.326 e. The maximum atomic E-state index is 12.8. The molecule has 0 radical (unpaired) electrons. The van der Waals surface area contributed by atoms with E-state index in [9.17, 15) is 8.42 Å². The first-order valence-corrected chi connectivity index (χ1v) is 9.35. The number of sulfonamides is 1. The van der Waals surface area contributed by atoms with Crippen LogP contribution in [0.3, 0.4) is 0 Å². The molecule has 0 amide bonds. The summed E-state index contributed by atoms with van der Waals surface area (Å²) in [5.41, 5.74) is 6.09. The highest BCUT2D eigenvalue weighted by Crippen LogP contribution is 2.33. The van der Waals surface area contributed by atoms with Crippen LogP contribution in [0.15, 0.2) is 17.0 Å². The van der Waals surface area contributed by atoms with Crippen LogP contribution < -0.4 is 5.73 Å². The predicted molar refractivity (Wildman–Crippen MR) is 86.2 cm³/mol. The molecular formula is C14H20Cl2N2O2S. The Balaban J connectivity index is 2.38. The smallest absolute Gasteiger partial charge is 0.244 e. The van der Waals surface area contributed by atoms with Crippen molar-refractivity contribution in [1.82, 2.24) is 4.31 Å². The Morgan fingerprint density at radius 1 is 1.05 bits per heavy atom. The van der Waals surface area contributed by atoms with E-state index in [-0.39, 0.29) is 16.5 Å². The molecule has 1 heterocycles. The second-order valence-corrected chi connectivity index (χ2v) is 7.91. The van der Waals surface area contributed by atoms with Gasteiger partial charge in [-0.15, -0.1) is 0 Å². The van der Waals surface area contributed by atoms with Crippen molar-refractivity contribution >= 4 is 33.2 Å². The Labute approximate surface area is 136 Å². The normalized spacial score (nSPS) is 18.2. The van der Waals surface area contributed by atoms with Crippen LogP contribution in [0.25, 0.3) is 0 Å². The minimum absolute atomic E-state index is 0.106. The van der Waals surface area contributed by atoms with Gasteiger partial charge in [0.1, 0.15) is 4.90 Å². The molecule has 1 aliphatic heterocycles. The summed E-state index contributed by atoms with van der Waals surface area (Å²) in [5.74, 6) is 0. The summed E-state index contributed by atoms with van der Waals surface area (Å²) in [7, 11) is -3.59. The minimum atomic E-state index is -3.59. The summed E-state index contributed by atoms with van der Waals surface area (Å²) in [6, 6.07) is 3.02. The van der Waals surface area contributed by atoms with Gasteiger partial charge in [-0.1, -0.05) is 42.5 Å². The number of nitrogens with two attached hydrogens (primary N) is 1. The molecule has 0 spiro atoms. The molecule has 0 atom stereocenters. The van der Waals surface area contributed by atoms with Crippen LogP contribution in [0.5, 0.6) is 0 Å². The van der Waals surface area contributed by atoms with Gasteiger partial charge in [0, 0.05) is 30.2 Å². The Bertz CT molecular complexity index is 597. The molecule has 21 heavy (non-hydrogen) atoms.